The SMILES string of the molecule is CCCCCCCCCCCCCCCCOCC(COCCCCCCCCCCCCCCCC)OCCCOS(=O)(=O)c1ccc(C)cc1. The van der Waals surface area contributed by atoms with Crippen LogP contribution >= 0.6 is 0 Å². The summed E-state index contributed by atoms with van der Waals surface area (Å²) in [6, 6.07) is 6.73. The van der Waals surface area contributed by atoms with E-state index in [0.29, 0.717) is 26.2 Å². The second-order valence-electron chi connectivity index (χ2n) is 15.3. The zero-order valence-electron chi connectivity index (χ0n) is 34.5. The molecule has 1 aromatic rings. The minimum Gasteiger partial charge on any atom is -0.379 e. The number of hydrogen-bond acceptors (Lipinski definition) is 6. The van der Waals surface area contributed by atoms with Gasteiger partial charge in [-0.2, -0.15) is 8.42 Å². The van der Waals surface area contributed by atoms with E-state index in [2.05, 4.69) is 13.8 Å². The van der Waals surface area contributed by atoms with Gasteiger partial charge in [-0.15, -0.1) is 0 Å². The third-order valence-electron chi connectivity index (χ3n) is 10.1. The van der Waals surface area contributed by atoms with Gasteiger partial charge in [-0.25, -0.2) is 0 Å². The Hall–Kier alpha value is -0.990. The van der Waals surface area contributed by atoms with Crippen LogP contribution in [-0.4, -0.2) is 54.2 Å². The molecule has 0 bridgehead atoms. The van der Waals surface area contributed by atoms with Crippen LogP contribution in [0, 0.1) is 6.92 Å². The van der Waals surface area contributed by atoms with Crippen molar-refractivity contribution in [3.8, 4) is 0 Å². The van der Waals surface area contributed by atoms with Crippen LogP contribution in [0.1, 0.15) is 206 Å². The first-order chi connectivity index (χ1) is 25.5. The minimum absolute atomic E-state index is 0.0861. The Morgan fingerprint density at radius 1 is 0.442 bits per heavy atom. The molecule has 0 amide bonds. The van der Waals surface area contributed by atoms with Gasteiger partial charge in [-0.1, -0.05) is 198 Å². The van der Waals surface area contributed by atoms with Gasteiger partial charge in [0.1, 0.15) is 6.10 Å². The summed E-state index contributed by atoms with van der Waals surface area (Å²) in [4.78, 5) is 0.186. The van der Waals surface area contributed by atoms with E-state index in [1.54, 1.807) is 24.3 Å². The molecule has 0 fully saturated rings. The number of hydrogen-bond donors (Lipinski definition) is 0. The Labute approximate surface area is 323 Å². The summed E-state index contributed by atoms with van der Waals surface area (Å²) in [7, 11) is -3.76. The molecular formula is C45H84O6S. The van der Waals surface area contributed by atoms with E-state index in [4.69, 9.17) is 18.4 Å². The van der Waals surface area contributed by atoms with Crippen LogP contribution in [0.15, 0.2) is 29.2 Å². The van der Waals surface area contributed by atoms with Gasteiger partial charge in [0.2, 0.25) is 0 Å². The molecule has 0 radical (unpaired) electrons. The Morgan fingerprint density at radius 2 is 0.788 bits per heavy atom. The Balaban J connectivity index is 2.18. The predicted octanol–water partition coefficient (Wildman–Crippen LogP) is 13.5. The minimum atomic E-state index is -3.76. The van der Waals surface area contributed by atoms with Crippen LogP contribution < -0.4 is 0 Å². The molecule has 0 atom stereocenters. The monoisotopic (exact) mass is 753 g/mol. The van der Waals surface area contributed by atoms with Crippen molar-refractivity contribution >= 4 is 10.1 Å². The fourth-order valence-electron chi connectivity index (χ4n) is 6.62. The first-order valence-corrected chi connectivity index (χ1v) is 23.6. The van der Waals surface area contributed by atoms with Crippen molar-refractivity contribution in [3.63, 3.8) is 0 Å². The van der Waals surface area contributed by atoms with E-state index in [9.17, 15) is 8.42 Å². The highest BCUT2D eigenvalue weighted by Crippen LogP contribution is 2.16. The largest absolute Gasteiger partial charge is 0.379 e. The molecule has 0 heterocycles. The normalized spacial score (nSPS) is 12.0. The van der Waals surface area contributed by atoms with Crippen molar-refractivity contribution in [2.45, 2.75) is 218 Å². The highest BCUT2D eigenvalue weighted by molar-refractivity contribution is 7.86. The van der Waals surface area contributed by atoms with E-state index in [1.165, 1.54) is 167 Å². The van der Waals surface area contributed by atoms with Gasteiger partial charge in [0.05, 0.1) is 24.7 Å². The fraction of sp³-hybridized carbons (Fsp3) is 0.867. The quantitative estimate of drug-likeness (QED) is 0.0490. The molecule has 52 heavy (non-hydrogen) atoms. The second-order valence-corrected chi connectivity index (χ2v) is 16.9. The van der Waals surface area contributed by atoms with Crippen molar-refractivity contribution in [1.82, 2.24) is 0 Å². The highest BCUT2D eigenvalue weighted by Gasteiger charge is 2.15. The van der Waals surface area contributed by atoms with Crippen LogP contribution in [0.4, 0.5) is 0 Å². The molecule has 0 unspecified atom stereocenters. The highest BCUT2D eigenvalue weighted by atomic mass is 32.2. The molecule has 0 aliphatic rings. The lowest BCUT2D eigenvalue weighted by Gasteiger charge is -2.18. The predicted molar refractivity (Wildman–Crippen MR) is 221 cm³/mol. The fourth-order valence-corrected chi connectivity index (χ4v) is 7.56. The zero-order chi connectivity index (χ0) is 37.6. The molecular weight excluding hydrogens is 669 g/mol. The van der Waals surface area contributed by atoms with Gasteiger partial charge >= 0.3 is 0 Å². The van der Waals surface area contributed by atoms with Crippen molar-refractivity contribution < 1.29 is 26.8 Å². The molecule has 7 heteroatoms. The molecule has 0 aromatic heterocycles. The van der Waals surface area contributed by atoms with Crippen LogP contribution in [-0.2, 0) is 28.5 Å². The lowest BCUT2D eigenvalue weighted by molar-refractivity contribution is -0.0626. The molecule has 0 saturated heterocycles. The van der Waals surface area contributed by atoms with Crippen LogP contribution in [0.25, 0.3) is 0 Å². The topological polar surface area (TPSA) is 71.1 Å². The summed E-state index contributed by atoms with van der Waals surface area (Å²) in [5, 5.41) is 0. The van der Waals surface area contributed by atoms with E-state index >= 15 is 0 Å². The van der Waals surface area contributed by atoms with Crippen molar-refractivity contribution in [2.24, 2.45) is 0 Å². The lowest BCUT2D eigenvalue weighted by Crippen LogP contribution is -2.27. The molecule has 306 valence electrons. The van der Waals surface area contributed by atoms with E-state index in [-0.39, 0.29) is 17.6 Å². The molecule has 0 saturated carbocycles. The number of unbranched alkanes of at least 4 members (excludes halogenated alkanes) is 26. The standard InChI is InChI=1S/C45H84O6S/c1-4-6-8-10-12-14-16-18-20-22-24-26-28-30-37-48-41-44(50-39-32-40-51-52(46,47)45-35-33-43(3)34-36-45)42-49-38-31-29-27-25-23-21-19-17-15-13-11-9-7-5-2/h33-36,44H,4-32,37-42H2,1-3H3. The summed E-state index contributed by atoms with van der Waals surface area (Å²) in [6.07, 6.45) is 38.1. The Bertz CT molecular complexity index is 931. The molecule has 0 aliphatic heterocycles. The Morgan fingerprint density at radius 3 is 1.15 bits per heavy atom. The maximum Gasteiger partial charge on any atom is 0.296 e. The average molecular weight is 753 g/mol. The van der Waals surface area contributed by atoms with Crippen molar-refractivity contribution in [1.29, 1.82) is 0 Å². The van der Waals surface area contributed by atoms with Gasteiger partial charge in [-0.05, 0) is 38.3 Å². The first-order valence-electron chi connectivity index (χ1n) is 22.2. The lowest BCUT2D eigenvalue weighted by atomic mass is 10.0. The summed E-state index contributed by atoms with van der Waals surface area (Å²) in [5.41, 5.74) is 1.01. The van der Waals surface area contributed by atoms with E-state index in [1.807, 2.05) is 6.92 Å². The maximum atomic E-state index is 12.5. The van der Waals surface area contributed by atoms with Crippen LogP contribution in [0.5, 0.6) is 0 Å². The number of benzene rings is 1. The molecule has 0 spiro atoms. The second kappa shape index (κ2) is 37.0. The van der Waals surface area contributed by atoms with E-state index < -0.39 is 10.1 Å². The third kappa shape index (κ3) is 31.4. The van der Waals surface area contributed by atoms with Crippen LogP contribution in [0.3, 0.4) is 0 Å². The smallest absolute Gasteiger partial charge is 0.296 e. The number of aryl methyl sites for hydroxylation is 1. The zero-order valence-corrected chi connectivity index (χ0v) is 35.3. The van der Waals surface area contributed by atoms with Gasteiger partial charge < -0.3 is 14.2 Å². The molecule has 0 N–H and O–H groups in total. The van der Waals surface area contributed by atoms with Crippen LogP contribution in [0.2, 0.25) is 0 Å². The number of rotatable bonds is 41. The summed E-state index contributed by atoms with van der Waals surface area (Å²) >= 11 is 0. The maximum absolute atomic E-state index is 12.5. The number of ether oxygens (including phenoxy) is 3. The van der Waals surface area contributed by atoms with Gasteiger partial charge in [0.15, 0.2) is 0 Å². The summed E-state index contributed by atoms with van der Waals surface area (Å²) < 4.78 is 48.4. The summed E-state index contributed by atoms with van der Waals surface area (Å²) in [5.74, 6) is 0. The van der Waals surface area contributed by atoms with Gasteiger partial charge in [0.25, 0.3) is 10.1 Å². The van der Waals surface area contributed by atoms with Crippen molar-refractivity contribution in [3.05, 3.63) is 29.8 Å². The summed E-state index contributed by atoms with van der Waals surface area (Å²) in [6.45, 7) is 9.47. The third-order valence-corrected chi connectivity index (χ3v) is 11.4. The molecule has 0 aliphatic carbocycles. The molecule has 1 rings (SSSR count). The van der Waals surface area contributed by atoms with Gasteiger partial charge in [-0.3, -0.25) is 4.18 Å². The molecule has 6 nitrogen and oxygen atoms in total. The van der Waals surface area contributed by atoms with Gasteiger partial charge in [0, 0.05) is 19.8 Å². The van der Waals surface area contributed by atoms with Crippen molar-refractivity contribution in [2.75, 3.05) is 39.6 Å². The average Bonchev–Trinajstić information content (AvgIpc) is 3.14. The van der Waals surface area contributed by atoms with E-state index in [0.717, 1.165) is 31.6 Å². The molecule has 1 aromatic carbocycles. The first kappa shape index (κ1) is 49.0. The Kier molecular flexibility index (Phi) is 34.8.